The van der Waals surface area contributed by atoms with Gasteiger partial charge in [-0.3, -0.25) is 9.69 Å². The second kappa shape index (κ2) is 5.70. The predicted octanol–water partition coefficient (Wildman–Crippen LogP) is 2.41. The number of carbonyl (C=O) groups is 1. The molecule has 108 valence electrons. The monoisotopic (exact) mass is 280 g/mol. The molecule has 2 N–H and O–H groups in total. The van der Waals surface area contributed by atoms with Crippen molar-refractivity contribution in [1.29, 1.82) is 0 Å². The molecule has 3 rings (SSSR count). The summed E-state index contributed by atoms with van der Waals surface area (Å²) in [6.07, 6.45) is 0.706. The highest BCUT2D eigenvalue weighted by Gasteiger charge is 2.29. The molecule has 0 spiro atoms. The van der Waals surface area contributed by atoms with Gasteiger partial charge < -0.3 is 5.73 Å². The molecule has 2 aromatic rings. The van der Waals surface area contributed by atoms with E-state index in [1.807, 2.05) is 12.1 Å². The van der Waals surface area contributed by atoms with Crippen molar-refractivity contribution < 1.29 is 4.79 Å². The lowest BCUT2D eigenvalue weighted by atomic mass is 9.93. The van der Waals surface area contributed by atoms with Crippen LogP contribution in [0.3, 0.4) is 0 Å². The highest BCUT2D eigenvalue weighted by molar-refractivity contribution is 5.80. The summed E-state index contributed by atoms with van der Waals surface area (Å²) in [7, 11) is 0. The van der Waals surface area contributed by atoms with Gasteiger partial charge >= 0.3 is 0 Å². The molecule has 3 heteroatoms. The molecule has 1 aliphatic rings. The first kappa shape index (κ1) is 13.8. The minimum atomic E-state index is -0.239. The molecule has 0 fully saturated rings. The van der Waals surface area contributed by atoms with Gasteiger partial charge in [-0.2, -0.15) is 0 Å². The molecule has 0 saturated carbocycles. The number of aryl methyl sites for hydroxylation is 1. The molecule has 1 atom stereocenters. The molecule has 0 unspecified atom stereocenters. The molecule has 0 saturated heterocycles. The van der Waals surface area contributed by atoms with Crippen LogP contribution < -0.4 is 5.73 Å². The van der Waals surface area contributed by atoms with E-state index in [9.17, 15) is 4.79 Å². The van der Waals surface area contributed by atoms with E-state index in [1.54, 1.807) is 0 Å². The van der Waals surface area contributed by atoms with Crippen molar-refractivity contribution in [3.05, 3.63) is 70.8 Å². The quantitative estimate of drug-likeness (QED) is 0.938. The topological polar surface area (TPSA) is 46.3 Å². The Hall–Kier alpha value is -2.13. The van der Waals surface area contributed by atoms with Crippen LogP contribution in [0.25, 0.3) is 0 Å². The zero-order valence-electron chi connectivity index (χ0n) is 12.3. The van der Waals surface area contributed by atoms with E-state index >= 15 is 0 Å². The van der Waals surface area contributed by atoms with E-state index in [0.717, 1.165) is 13.1 Å². The normalized spacial score (nSPS) is 18.2. The van der Waals surface area contributed by atoms with Crippen LogP contribution in [0.1, 0.15) is 22.3 Å². The summed E-state index contributed by atoms with van der Waals surface area (Å²) >= 11 is 0. The molecule has 1 amide bonds. The van der Waals surface area contributed by atoms with E-state index in [2.05, 4.69) is 48.2 Å². The lowest BCUT2D eigenvalue weighted by Gasteiger charge is -2.35. The van der Waals surface area contributed by atoms with Gasteiger partial charge in [-0.15, -0.1) is 0 Å². The Morgan fingerprint density at radius 3 is 2.67 bits per heavy atom. The SMILES string of the molecule is Cc1cccc(CN2Cc3ccccc3C[C@@H]2C(N)=O)c1. The number of carbonyl (C=O) groups excluding carboxylic acids is 1. The zero-order valence-corrected chi connectivity index (χ0v) is 12.3. The molecule has 0 bridgehead atoms. The van der Waals surface area contributed by atoms with Crippen LogP contribution in [0.4, 0.5) is 0 Å². The average molecular weight is 280 g/mol. The van der Waals surface area contributed by atoms with Crippen LogP contribution in [0.15, 0.2) is 48.5 Å². The third kappa shape index (κ3) is 2.98. The summed E-state index contributed by atoms with van der Waals surface area (Å²) in [5, 5.41) is 0. The number of fused-ring (bicyclic) bond motifs is 1. The van der Waals surface area contributed by atoms with E-state index in [1.165, 1.54) is 22.3 Å². The zero-order chi connectivity index (χ0) is 14.8. The summed E-state index contributed by atoms with van der Waals surface area (Å²) in [4.78, 5) is 14.0. The first-order valence-electron chi connectivity index (χ1n) is 7.29. The van der Waals surface area contributed by atoms with E-state index in [0.29, 0.717) is 6.42 Å². The number of hydrogen-bond donors (Lipinski definition) is 1. The fourth-order valence-electron chi connectivity index (χ4n) is 3.07. The van der Waals surface area contributed by atoms with Crippen molar-refractivity contribution in [3.8, 4) is 0 Å². The number of primary amides is 1. The number of benzene rings is 2. The molecule has 0 aromatic heterocycles. The van der Waals surface area contributed by atoms with Gasteiger partial charge in [0.25, 0.3) is 0 Å². The van der Waals surface area contributed by atoms with Gasteiger partial charge in [-0.25, -0.2) is 0 Å². The molecule has 21 heavy (non-hydrogen) atoms. The Labute approximate surface area is 125 Å². The third-order valence-corrected chi connectivity index (χ3v) is 4.14. The second-order valence-corrected chi connectivity index (χ2v) is 5.79. The van der Waals surface area contributed by atoms with Crippen molar-refractivity contribution in [2.45, 2.75) is 32.5 Å². The molecular formula is C18H20N2O. The van der Waals surface area contributed by atoms with E-state index in [-0.39, 0.29) is 11.9 Å². The summed E-state index contributed by atoms with van der Waals surface area (Å²) in [6.45, 7) is 3.61. The molecule has 0 radical (unpaired) electrons. The minimum Gasteiger partial charge on any atom is -0.368 e. The van der Waals surface area contributed by atoms with Crippen LogP contribution in [-0.2, 0) is 24.3 Å². The van der Waals surface area contributed by atoms with Crippen molar-refractivity contribution in [2.24, 2.45) is 5.73 Å². The maximum Gasteiger partial charge on any atom is 0.235 e. The molecule has 0 aliphatic carbocycles. The van der Waals surface area contributed by atoms with Crippen molar-refractivity contribution >= 4 is 5.91 Å². The largest absolute Gasteiger partial charge is 0.368 e. The Bertz CT molecular complexity index is 666. The van der Waals surface area contributed by atoms with Crippen LogP contribution in [0, 0.1) is 6.92 Å². The van der Waals surface area contributed by atoms with Crippen molar-refractivity contribution in [2.75, 3.05) is 0 Å². The summed E-state index contributed by atoms with van der Waals surface area (Å²) in [5.41, 5.74) is 10.6. The van der Waals surface area contributed by atoms with Gasteiger partial charge in [0.2, 0.25) is 5.91 Å². The van der Waals surface area contributed by atoms with Gasteiger partial charge in [-0.05, 0) is 30.0 Å². The van der Waals surface area contributed by atoms with Gasteiger partial charge in [-0.1, -0.05) is 54.1 Å². The van der Waals surface area contributed by atoms with Crippen LogP contribution >= 0.6 is 0 Å². The predicted molar refractivity (Wildman–Crippen MR) is 83.6 cm³/mol. The maximum atomic E-state index is 11.8. The third-order valence-electron chi connectivity index (χ3n) is 4.14. The van der Waals surface area contributed by atoms with Crippen LogP contribution in [0.2, 0.25) is 0 Å². The fraction of sp³-hybridized carbons (Fsp3) is 0.278. The molecule has 3 nitrogen and oxygen atoms in total. The number of nitrogens with zero attached hydrogens (tertiary/aromatic N) is 1. The van der Waals surface area contributed by atoms with Gasteiger partial charge in [0, 0.05) is 13.1 Å². The average Bonchev–Trinajstić information content (AvgIpc) is 2.46. The van der Waals surface area contributed by atoms with Crippen molar-refractivity contribution in [1.82, 2.24) is 4.90 Å². The Balaban J connectivity index is 1.87. The highest BCUT2D eigenvalue weighted by atomic mass is 16.1. The summed E-state index contributed by atoms with van der Waals surface area (Å²) in [6, 6.07) is 16.5. The lowest BCUT2D eigenvalue weighted by Crippen LogP contribution is -2.48. The first-order valence-corrected chi connectivity index (χ1v) is 7.29. The van der Waals surface area contributed by atoms with Crippen LogP contribution in [-0.4, -0.2) is 16.8 Å². The van der Waals surface area contributed by atoms with Gasteiger partial charge in [0.05, 0.1) is 6.04 Å². The second-order valence-electron chi connectivity index (χ2n) is 5.79. The first-order chi connectivity index (χ1) is 10.1. The Morgan fingerprint density at radius 2 is 1.95 bits per heavy atom. The smallest absolute Gasteiger partial charge is 0.235 e. The summed E-state index contributed by atoms with van der Waals surface area (Å²) in [5.74, 6) is -0.239. The van der Waals surface area contributed by atoms with Gasteiger partial charge in [0.15, 0.2) is 0 Å². The number of amides is 1. The lowest BCUT2D eigenvalue weighted by molar-refractivity contribution is -0.124. The van der Waals surface area contributed by atoms with E-state index < -0.39 is 0 Å². The Kier molecular flexibility index (Phi) is 3.76. The number of hydrogen-bond acceptors (Lipinski definition) is 2. The van der Waals surface area contributed by atoms with E-state index in [4.69, 9.17) is 5.73 Å². The Morgan fingerprint density at radius 1 is 1.19 bits per heavy atom. The highest BCUT2D eigenvalue weighted by Crippen LogP contribution is 2.25. The standard InChI is InChI=1S/C18H20N2O/c1-13-5-4-6-14(9-13)11-20-12-16-8-3-2-7-15(16)10-17(20)18(19)21/h2-9,17H,10-12H2,1H3,(H2,19,21)/t17-/m1/s1. The number of rotatable bonds is 3. The summed E-state index contributed by atoms with van der Waals surface area (Å²) < 4.78 is 0. The van der Waals surface area contributed by atoms with Crippen LogP contribution in [0.5, 0.6) is 0 Å². The molecular weight excluding hydrogens is 260 g/mol. The number of nitrogens with two attached hydrogens (primary N) is 1. The van der Waals surface area contributed by atoms with Crippen molar-refractivity contribution in [3.63, 3.8) is 0 Å². The molecule has 2 aromatic carbocycles. The minimum absolute atomic E-state index is 0.222. The maximum absolute atomic E-state index is 11.8. The van der Waals surface area contributed by atoms with Gasteiger partial charge in [0.1, 0.15) is 0 Å². The molecule has 1 aliphatic heterocycles. The fourth-order valence-corrected chi connectivity index (χ4v) is 3.07. The molecule has 1 heterocycles.